The van der Waals surface area contributed by atoms with Crippen molar-refractivity contribution in [2.24, 2.45) is 0 Å². The smallest absolute Gasteiger partial charge is 0.413 e. The van der Waals surface area contributed by atoms with E-state index in [-0.39, 0.29) is 0 Å². The Morgan fingerprint density at radius 3 is 2.78 bits per heavy atom. The average Bonchev–Trinajstić information content (AvgIpc) is 3.07. The predicted molar refractivity (Wildman–Crippen MR) is 91.4 cm³/mol. The summed E-state index contributed by atoms with van der Waals surface area (Å²) >= 11 is 6.68. The molecule has 0 saturated heterocycles. The molecule has 0 bridgehead atoms. The summed E-state index contributed by atoms with van der Waals surface area (Å²) in [7, 11) is 0. The van der Waals surface area contributed by atoms with Crippen LogP contribution in [0.15, 0.2) is 0 Å². The van der Waals surface area contributed by atoms with Crippen LogP contribution < -0.4 is 5.32 Å². The highest BCUT2D eigenvalue weighted by Crippen LogP contribution is 2.40. The van der Waals surface area contributed by atoms with E-state index >= 15 is 0 Å². The molecular formula is C14H19N5O2S2. The van der Waals surface area contributed by atoms with Crippen molar-refractivity contribution in [3.63, 3.8) is 0 Å². The van der Waals surface area contributed by atoms with Crippen LogP contribution in [0, 0.1) is 11.7 Å². The van der Waals surface area contributed by atoms with Crippen LogP contribution in [0.3, 0.4) is 0 Å². The van der Waals surface area contributed by atoms with Gasteiger partial charge in [0.2, 0.25) is 0 Å². The van der Waals surface area contributed by atoms with Crippen LogP contribution in [-0.4, -0.2) is 31.4 Å². The number of carbonyl (C=O) groups is 1. The van der Waals surface area contributed by atoms with Gasteiger partial charge in [-0.25, -0.2) is 9.78 Å². The van der Waals surface area contributed by atoms with Crippen LogP contribution in [0.2, 0.25) is 0 Å². The molecule has 23 heavy (non-hydrogen) atoms. The van der Waals surface area contributed by atoms with E-state index in [0.29, 0.717) is 15.9 Å². The average molecular weight is 353 g/mol. The van der Waals surface area contributed by atoms with Gasteiger partial charge in [0, 0.05) is 6.04 Å². The monoisotopic (exact) mass is 353 g/mol. The minimum Gasteiger partial charge on any atom is -0.444 e. The van der Waals surface area contributed by atoms with E-state index < -0.39 is 11.7 Å². The van der Waals surface area contributed by atoms with Crippen molar-refractivity contribution in [1.82, 2.24) is 19.7 Å². The maximum absolute atomic E-state index is 11.9. The molecule has 0 atom stereocenters. The fourth-order valence-corrected chi connectivity index (χ4v) is 3.40. The standard InChI is InChI=1S/C14H19N5O2S2/c1-7-9(10-17-18-12(22)19(10)8-5-6-8)23-11(15-7)16-13(20)21-14(2,3)4/h8H,5-6H2,1-4H3,(H,18,22)(H,15,16,20). The number of aromatic nitrogens is 4. The summed E-state index contributed by atoms with van der Waals surface area (Å²) in [6.07, 6.45) is 1.71. The van der Waals surface area contributed by atoms with Crippen LogP contribution in [0.25, 0.3) is 10.7 Å². The number of aryl methyl sites for hydroxylation is 1. The third kappa shape index (κ3) is 3.61. The molecule has 7 nitrogen and oxygen atoms in total. The molecule has 9 heteroatoms. The Balaban J connectivity index is 1.85. The molecule has 1 saturated carbocycles. The van der Waals surface area contributed by atoms with Gasteiger partial charge in [0.1, 0.15) is 5.60 Å². The second kappa shape index (κ2) is 5.72. The number of nitrogens with zero attached hydrogens (tertiary/aromatic N) is 3. The van der Waals surface area contributed by atoms with E-state index in [4.69, 9.17) is 17.0 Å². The quantitative estimate of drug-likeness (QED) is 0.813. The molecule has 0 unspecified atom stereocenters. The fourth-order valence-electron chi connectivity index (χ4n) is 2.18. The van der Waals surface area contributed by atoms with Crippen LogP contribution in [0.1, 0.15) is 45.3 Å². The number of hydrogen-bond donors (Lipinski definition) is 2. The zero-order chi connectivity index (χ0) is 16.8. The second-order valence-electron chi connectivity index (χ2n) is 6.51. The molecule has 2 aromatic heterocycles. The van der Waals surface area contributed by atoms with Crippen molar-refractivity contribution >= 4 is 34.8 Å². The Morgan fingerprint density at radius 2 is 2.17 bits per heavy atom. The third-order valence-corrected chi connectivity index (χ3v) is 4.58. The maximum Gasteiger partial charge on any atom is 0.413 e. The van der Waals surface area contributed by atoms with Gasteiger partial charge in [0.25, 0.3) is 0 Å². The van der Waals surface area contributed by atoms with Crippen LogP contribution in [-0.2, 0) is 4.74 Å². The third-order valence-electron chi connectivity index (χ3n) is 3.22. The van der Waals surface area contributed by atoms with Gasteiger partial charge in [-0.2, -0.15) is 5.10 Å². The van der Waals surface area contributed by atoms with Crippen LogP contribution in [0.4, 0.5) is 9.93 Å². The molecule has 1 aliphatic rings. The molecule has 0 spiro atoms. The Labute approximate surface area is 143 Å². The van der Waals surface area contributed by atoms with Crippen molar-refractivity contribution in [1.29, 1.82) is 0 Å². The molecular weight excluding hydrogens is 334 g/mol. The summed E-state index contributed by atoms with van der Waals surface area (Å²) in [6.45, 7) is 7.34. The number of ether oxygens (including phenoxy) is 1. The summed E-state index contributed by atoms with van der Waals surface area (Å²) in [5.41, 5.74) is 0.255. The van der Waals surface area contributed by atoms with Gasteiger partial charge in [0.15, 0.2) is 15.7 Å². The van der Waals surface area contributed by atoms with Gasteiger partial charge in [-0.15, -0.1) is 0 Å². The molecule has 2 aromatic rings. The molecule has 1 aliphatic carbocycles. The first-order valence-electron chi connectivity index (χ1n) is 7.39. The molecule has 3 rings (SSSR count). The highest BCUT2D eigenvalue weighted by atomic mass is 32.1. The van der Waals surface area contributed by atoms with E-state index in [2.05, 4.69) is 20.5 Å². The number of aromatic amines is 1. The highest BCUT2D eigenvalue weighted by Gasteiger charge is 2.29. The molecule has 2 heterocycles. The number of H-pyrrole nitrogens is 1. The fraction of sp³-hybridized carbons (Fsp3) is 0.571. The number of hydrogen-bond acceptors (Lipinski definition) is 6. The second-order valence-corrected chi connectivity index (χ2v) is 7.90. The highest BCUT2D eigenvalue weighted by molar-refractivity contribution is 7.71. The van der Waals surface area contributed by atoms with Crippen molar-refractivity contribution in [3.8, 4) is 10.7 Å². The van der Waals surface area contributed by atoms with E-state index in [1.165, 1.54) is 11.3 Å². The summed E-state index contributed by atoms with van der Waals surface area (Å²) in [6, 6.07) is 0.417. The summed E-state index contributed by atoms with van der Waals surface area (Å²) in [4.78, 5) is 17.2. The number of rotatable bonds is 3. The van der Waals surface area contributed by atoms with Gasteiger partial charge in [-0.1, -0.05) is 11.3 Å². The zero-order valence-electron chi connectivity index (χ0n) is 13.5. The minimum atomic E-state index is -0.548. The summed E-state index contributed by atoms with van der Waals surface area (Å²) in [5, 5.41) is 10.3. The molecule has 124 valence electrons. The summed E-state index contributed by atoms with van der Waals surface area (Å²) < 4.78 is 7.90. The van der Waals surface area contributed by atoms with Gasteiger partial charge in [-0.3, -0.25) is 15.0 Å². The number of thiazole rings is 1. The van der Waals surface area contributed by atoms with E-state index in [1.807, 2.05) is 32.3 Å². The lowest BCUT2D eigenvalue weighted by Crippen LogP contribution is -2.27. The van der Waals surface area contributed by atoms with Crippen molar-refractivity contribution < 1.29 is 9.53 Å². The molecule has 0 aliphatic heterocycles. The van der Waals surface area contributed by atoms with Crippen LogP contribution >= 0.6 is 23.6 Å². The SMILES string of the molecule is Cc1nc(NC(=O)OC(C)(C)C)sc1-c1n[nH]c(=S)n1C1CC1. The Morgan fingerprint density at radius 1 is 1.48 bits per heavy atom. The summed E-state index contributed by atoms with van der Waals surface area (Å²) in [5.74, 6) is 0.782. The Kier molecular flexibility index (Phi) is 4.01. The lowest BCUT2D eigenvalue weighted by molar-refractivity contribution is 0.0636. The molecule has 1 fully saturated rings. The predicted octanol–water partition coefficient (Wildman–Crippen LogP) is 4.05. The molecule has 1 amide bonds. The van der Waals surface area contributed by atoms with Gasteiger partial charge >= 0.3 is 6.09 Å². The topological polar surface area (TPSA) is 84.8 Å². The first kappa shape index (κ1) is 16.1. The van der Waals surface area contributed by atoms with Gasteiger partial charge < -0.3 is 4.74 Å². The van der Waals surface area contributed by atoms with Crippen LogP contribution in [0.5, 0.6) is 0 Å². The van der Waals surface area contributed by atoms with Gasteiger partial charge in [-0.05, 0) is 52.8 Å². The lowest BCUT2D eigenvalue weighted by Gasteiger charge is -2.18. The zero-order valence-corrected chi connectivity index (χ0v) is 15.1. The van der Waals surface area contributed by atoms with Crippen molar-refractivity contribution in [2.75, 3.05) is 5.32 Å². The van der Waals surface area contributed by atoms with E-state index in [1.54, 1.807) is 0 Å². The first-order valence-corrected chi connectivity index (χ1v) is 8.62. The van der Waals surface area contributed by atoms with Crippen molar-refractivity contribution in [2.45, 2.75) is 52.2 Å². The van der Waals surface area contributed by atoms with E-state index in [9.17, 15) is 4.79 Å². The minimum absolute atomic E-state index is 0.417. The maximum atomic E-state index is 11.9. The molecule has 2 N–H and O–H groups in total. The normalized spacial score (nSPS) is 14.8. The van der Waals surface area contributed by atoms with Gasteiger partial charge in [0.05, 0.1) is 10.6 Å². The molecule has 0 radical (unpaired) electrons. The lowest BCUT2D eigenvalue weighted by atomic mass is 10.2. The molecule has 0 aromatic carbocycles. The largest absolute Gasteiger partial charge is 0.444 e. The van der Waals surface area contributed by atoms with Crippen molar-refractivity contribution in [3.05, 3.63) is 10.5 Å². The number of anilines is 1. The number of nitrogens with one attached hydrogen (secondary N) is 2. The Bertz CT molecular complexity index is 795. The Hall–Kier alpha value is -1.74. The number of carbonyl (C=O) groups excluding carboxylic acids is 1. The number of amides is 1. The first-order chi connectivity index (χ1) is 10.7. The van der Waals surface area contributed by atoms with E-state index in [0.717, 1.165) is 29.2 Å².